The van der Waals surface area contributed by atoms with Crippen molar-refractivity contribution in [3.63, 3.8) is 0 Å². The van der Waals surface area contributed by atoms with Crippen LogP contribution in [-0.2, 0) is 4.79 Å². The minimum Gasteiger partial charge on any atom is -0.457 e. The molecule has 1 aliphatic heterocycles. The molecule has 4 heteroatoms. The van der Waals surface area contributed by atoms with Crippen molar-refractivity contribution in [2.24, 2.45) is 0 Å². The second-order valence-electron chi connectivity index (χ2n) is 5.82. The van der Waals surface area contributed by atoms with Crippen LogP contribution < -0.4 is 10.1 Å². The number of nitrogens with one attached hydrogen (secondary N) is 1. The van der Waals surface area contributed by atoms with Crippen molar-refractivity contribution in [2.45, 2.75) is 12.8 Å². The summed E-state index contributed by atoms with van der Waals surface area (Å²) in [5.74, 6) is 1.45. The Balaban J connectivity index is 1.75. The monoisotopic (exact) mass is 316 g/mol. The lowest BCUT2D eigenvalue weighted by Gasteiger charge is -2.27. The molecule has 1 amide bonds. The molecule has 4 nitrogen and oxygen atoms in total. The number of aryl methyl sites for hydroxylation is 1. The van der Waals surface area contributed by atoms with Gasteiger partial charge < -0.3 is 10.1 Å². The van der Waals surface area contributed by atoms with Crippen LogP contribution in [0.25, 0.3) is 0 Å². The van der Waals surface area contributed by atoms with Gasteiger partial charge in [-0.05, 0) is 36.8 Å². The molecule has 0 aliphatic carbocycles. The topological polar surface area (TPSA) is 51.2 Å². The summed E-state index contributed by atoms with van der Waals surface area (Å²) in [4.78, 5) is 17.2. The Kier molecular flexibility index (Phi) is 3.50. The fourth-order valence-corrected chi connectivity index (χ4v) is 3.00. The van der Waals surface area contributed by atoms with Gasteiger partial charge in [0.15, 0.2) is 0 Å². The van der Waals surface area contributed by atoms with Gasteiger partial charge in [-0.15, -0.1) is 0 Å². The van der Waals surface area contributed by atoms with Crippen LogP contribution in [0.4, 0.5) is 5.82 Å². The molecule has 0 unspecified atom stereocenters. The van der Waals surface area contributed by atoms with Crippen molar-refractivity contribution in [3.8, 4) is 11.5 Å². The van der Waals surface area contributed by atoms with Gasteiger partial charge in [0.25, 0.3) is 0 Å². The lowest BCUT2D eigenvalue weighted by Crippen LogP contribution is -2.25. The molecule has 0 saturated heterocycles. The van der Waals surface area contributed by atoms with Crippen LogP contribution in [0.3, 0.4) is 0 Å². The summed E-state index contributed by atoms with van der Waals surface area (Å²) in [6, 6.07) is 19.0. The van der Waals surface area contributed by atoms with E-state index >= 15 is 0 Å². The van der Waals surface area contributed by atoms with Crippen molar-refractivity contribution in [2.75, 3.05) is 5.32 Å². The second-order valence-corrected chi connectivity index (χ2v) is 5.82. The fourth-order valence-electron chi connectivity index (χ4n) is 3.00. The molecule has 2 heterocycles. The Bertz CT molecular complexity index is 875. The Morgan fingerprint density at radius 1 is 1.00 bits per heavy atom. The van der Waals surface area contributed by atoms with E-state index in [4.69, 9.17) is 4.74 Å². The SMILES string of the molecule is Cc1ccnc(NC(=O)C2c3ccccc3Oc3ccccc32)c1. The molecule has 0 atom stereocenters. The number of carbonyl (C=O) groups is 1. The number of carbonyl (C=O) groups excluding carboxylic acids is 1. The van der Waals surface area contributed by atoms with Gasteiger partial charge >= 0.3 is 0 Å². The van der Waals surface area contributed by atoms with Crippen molar-refractivity contribution < 1.29 is 9.53 Å². The van der Waals surface area contributed by atoms with Crippen LogP contribution in [0.15, 0.2) is 66.9 Å². The van der Waals surface area contributed by atoms with Gasteiger partial charge in [-0.2, -0.15) is 0 Å². The van der Waals surface area contributed by atoms with Gasteiger partial charge in [0, 0.05) is 17.3 Å². The van der Waals surface area contributed by atoms with E-state index in [2.05, 4.69) is 10.3 Å². The molecule has 0 radical (unpaired) electrons. The number of nitrogens with zero attached hydrogens (tertiary/aromatic N) is 1. The highest BCUT2D eigenvalue weighted by atomic mass is 16.5. The van der Waals surface area contributed by atoms with E-state index in [0.29, 0.717) is 17.3 Å². The van der Waals surface area contributed by atoms with E-state index in [0.717, 1.165) is 16.7 Å². The number of pyridine rings is 1. The summed E-state index contributed by atoms with van der Waals surface area (Å²) in [6.45, 7) is 1.97. The Morgan fingerprint density at radius 2 is 1.62 bits per heavy atom. The number of aromatic nitrogens is 1. The molecule has 4 rings (SSSR count). The molecule has 3 aromatic rings. The third-order valence-electron chi connectivity index (χ3n) is 4.11. The van der Waals surface area contributed by atoms with Crippen LogP contribution in [0, 0.1) is 6.92 Å². The average molecular weight is 316 g/mol. The van der Waals surface area contributed by atoms with Crippen LogP contribution in [0.1, 0.15) is 22.6 Å². The maximum Gasteiger partial charge on any atom is 0.237 e. The molecule has 0 bridgehead atoms. The summed E-state index contributed by atoms with van der Waals surface area (Å²) >= 11 is 0. The number of anilines is 1. The Hall–Kier alpha value is -3.14. The second kappa shape index (κ2) is 5.81. The van der Waals surface area contributed by atoms with E-state index in [1.807, 2.05) is 67.6 Å². The molecule has 24 heavy (non-hydrogen) atoms. The van der Waals surface area contributed by atoms with Crippen LogP contribution in [-0.4, -0.2) is 10.9 Å². The Labute approximate surface area is 140 Å². The number of amides is 1. The highest BCUT2D eigenvalue weighted by Gasteiger charge is 2.32. The number of hydrogen-bond donors (Lipinski definition) is 1. The van der Waals surface area contributed by atoms with Crippen molar-refractivity contribution in [3.05, 3.63) is 83.6 Å². The zero-order chi connectivity index (χ0) is 16.5. The number of ether oxygens (including phenoxy) is 1. The quantitative estimate of drug-likeness (QED) is 0.768. The summed E-state index contributed by atoms with van der Waals surface area (Å²) in [5, 5.41) is 2.93. The first-order valence-corrected chi connectivity index (χ1v) is 7.81. The van der Waals surface area contributed by atoms with Gasteiger partial charge in [0.1, 0.15) is 17.3 Å². The molecule has 0 spiro atoms. The highest BCUT2D eigenvalue weighted by molar-refractivity contribution is 5.99. The summed E-state index contributed by atoms with van der Waals surface area (Å²) in [6.07, 6.45) is 1.69. The number of hydrogen-bond acceptors (Lipinski definition) is 3. The number of rotatable bonds is 2. The number of benzene rings is 2. The van der Waals surface area contributed by atoms with Gasteiger partial charge in [-0.1, -0.05) is 36.4 Å². The van der Waals surface area contributed by atoms with Crippen molar-refractivity contribution in [1.29, 1.82) is 0 Å². The molecule has 1 aromatic heterocycles. The zero-order valence-electron chi connectivity index (χ0n) is 13.2. The fraction of sp³-hybridized carbons (Fsp3) is 0.100. The average Bonchev–Trinajstić information content (AvgIpc) is 2.59. The first kappa shape index (κ1) is 14.5. The van der Waals surface area contributed by atoms with E-state index in [9.17, 15) is 4.79 Å². The predicted molar refractivity (Wildman–Crippen MR) is 92.4 cm³/mol. The third kappa shape index (κ3) is 2.52. The van der Waals surface area contributed by atoms with Crippen molar-refractivity contribution in [1.82, 2.24) is 4.98 Å². The summed E-state index contributed by atoms with van der Waals surface area (Å²) in [7, 11) is 0. The number of para-hydroxylation sites is 2. The van der Waals surface area contributed by atoms with Crippen molar-refractivity contribution >= 4 is 11.7 Å². The molecule has 0 saturated carbocycles. The molecular weight excluding hydrogens is 300 g/mol. The maximum atomic E-state index is 13.0. The Morgan fingerprint density at radius 3 is 2.25 bits per heavy atom. The molecule has 1 N–H and O–H groups in total. The third-order valence-corrected chi connectivity index (χ3v) is 4.11. The lowest BCUT2D eigenvalue weighted by molar-refractivity contribution is -0.116. The van der Waals surface area contributed by atoms with E-state index in [-0.39, 0.29) is 5.91 Å². The number of fused-ring (bicyclic) bond motifs is 2. The largest absolute Gasteiger partial charge is 0.457 e. The minimum atomic E-state index is -0.423. The maximum absolute atomic E-state index is 13.0. The molecule has 1 aliphatic rings. The lowest BCUT2D eigenvalue weighted by atomic mass is 9.87. The highest BCUT2D eigenvalue weighted by Crippen LogP contribution is 2.44. The first-order chi connectivity index (χ1) is 11.7. The smallest absolute Gasteiger partial charge is 0.237 e. The van der Waals surface area contributed by atoms with Gasteiger partial charge in [-0.3, -0.25) is 4.79 Å². The molecular formula is C20H16N2O2. The molecule has 2 aromatic carbocycles. The van der Waals surface area contributed by atoms with E-state index in [1.165, 1.54) is 0 Å². The minimum absolute atomic E-state index is 0.115. The van der Waals surface area contributed by atoms with Gasteiger partial charge in [0.05, 0.1) is 5.92 Å². The summed E-state index contributed by atoms with van der Waals surface area (Å²) in [5.41, 5.74) is 2.77. The zero-order valence-corrected chi connectivity index (χ0v) is 13.2. The first-order valence-electron chi connectivity index (χ1n) is 7.81. The van der Waals surface area contributed by atoms with Crippen LogP contribution in [0.5, 0.6) is 11.5 Å². The van der Waals surface area contributed by atoms with Crippen LogP contribution in [0.2, 0.25) is 0 Å². The summed E-state index contributed by atoms with van der Waals surface area (Å²) < 4.78 is 5.93. The van der Waals surface area contributed by atoms with Gasteiger partial charge in [0.2, 0.25) is 5.91 Å². The molecule has 0 fully saturated rings. The predicted octanol–water partition coefficient (Wildman–Crippen LogP) is 4.27. The van der Waals surface area contributed by atoms with Crippen LogP contribution >= 0.6 is 0 Å². The van der Waals surface area contributed by atoms with Gasteiger partial charge in [-0.25, -0.2) is 4.98 Å². The molecule has 118 valence electrons. The normalized spacial score (nSPS) is 12.7. The standard InChI is InChI=1S/C20H16N2O2/c1-13-10-11-21-18(12-13)22-20(23)19-14-6-2-4-8-16(14)24-17-9-5-3-7-15(17)19/h2-12,19H,1H3,(H,21,22,23). The van der Waals surface area contributed by atoms with E-state index < -0.39 is 5.92 Å². The van der Waals surface area contributed by atoms with E-state index in [1.54, 1.807) is 6.20 Å².